The number of carbonyl (C=O) groups is 2. The minimum absolute atomic E-state index is 0.0333. The second kappa shape index (κ2) is 19.4. The summed E-state index contributed by atoms with van der Waals surface area (Å²) in [5, 5.41) is 15.6. The van der Waals surface area contributed by atoms with Crippen molar-refractivity contribution in [2.24, 2.45) is 5.10 Å². The number of nitrogens with zero attached hydrogens (tertiary/aromatic N) is 7. The number of carboxylic acid groups (broad SMARTS) is 1. The lowest BCUT2D eigenvalue weighted by atomic mass is 9.72. The zero-order valence-corrected chi connectivity index (χ0v) is 41.4. The molecule has 10 heteroatoms. The van der Waals surface area contributed by atoms with Gasteiger partial charge in [-0.25, -0.2) is 4.79 Å². The molecule has 0 saturated carbocycles. The van der Waals surface area contributed by atoms with E-state index >= 15 is 0 Å². The molecule has 6 aromatic rings. The summed E-state index contributed by atoms with van der Waals surface area (Å²) in [6, 6.07) is 49.1. The minimum Gasteiger partial charge on any atom is -0.476 e. The van der Waals surface area contributed by atoms with Crippen molar-refractivity contribution in [1.29, 1.82) is 0 Å². The highest BCUT2D eigenvalue weighted by atomic mass is 16.4. The highest BCUT2D eigenvalue weighted by Gasteiger charge is 2.45. The Morgan fingerprint density at radius 1 is 0.522 bits per heavy atom. The van der Waals surface area contributed by atoms with Crippen LogP contribution in [0.25, 0.3) is 28.3 Å². The van der Waals surface area contributed by atoms with Crippen LogP contribution in [0.15, 0.2) is 150 Å². The molecule has 0 spiro atoms. The van der Waals surface area contributed by atoms with Crippen LogP contribution in [0.5, 0.6) is 0 Å². The maximum absolute atomic E-state index is 13.8. The van der Waals surface area contributed by atoms with Crippen molar-refractivity contribution in [3.05, 3.63) is 173 Å². The molecule has 1 aliphatic heterocycles. The van der Waals surface area contributed by atoms with E-state index in [9.17, 15) is 14.7 Å². The molecular weight excluding hydrogens is 855 g/mol. The largest absolute Gasteiger partial charge is 0.476 e. The summed E-state index contributed by atoms with van der Waals surface area (Å²) in [7, 11) is 17.3. The van der Waals surface area contributed by atoms with Crippen LogP contribution in [0.2, 0.25) is 0 Å². The molecule has 0 saturated heterocycles. The van der Waals surface area contributed by atoms with Crippen molar-refractivity contribution in [3.8, 4) is 22.3 Å². The number of fused-ring (bicyclic) bond motifs is 6. The number of anilines is 4. The summed E-state index contributed by atoms with van der Waals surface area (Å²) in [5.41, 5.74) is 14.2. The zero-order valence-electron chi connectivity index (χ0n) is 41.4. The Labute approximate surface area is 408 Å². The smallest absolute Gasteiger partial charge is 0.357 e. The molecule has 10 nitrogen and oxygen atoms in total. The van der Waals surface area contributed by atoms with E-state index in [2.05, 4.69) is 183 Å². The van der Waals surface area contributed by atoms with Crippen molar-refractivity contribution >= 4 is 46.4 Å². The van der Waals surface area contributed by atoms with Gasteiger partial charge in [-0.15, -0.1) is 0 Å². The van der Waals surface area contributed by atoms with Crippen molar-refractivity contribution in [3.63, 3.8) is 0 Å². The van der Waals surface area contributed by atoms with Gasteiger partial charge in [0.1, 0.15) is 0 Å². The van der Waals surface area contributed by atoms with Crippen LogP contribution in [-0.2, 0) is 20.4 Å². The van der Waals surface area contributed by atoms with Gasteiger partial charge < -0.3 is 29.6 Å². The molecule has 0 unspecified atom stereocenters. The van der Waals surface area contributed by atoms with Crippen LogP contribution in [0.4, 0.5) is 22.7 Å². The second-order valence-corrected chi connectivity index (χ2v) is 20.1. The predicted molar refractivity (Wildman–Crippen MR) is 283 cm³/mol. The SMILES string of the molecule is CN(C)CCC1(CCN(C)C)c2ccccc2-c2ccc(N(c3ccc(/C=C4\C(=O)N(c5ccccc5)N=C4C(=O)O)cc3)c3ccc4c(c3)C(CCN(C)C)(CCN(C)C)c3ccccc3-4)cc21. The minimum atomic E-state index is -1.26. The Bertz CT molecular complexity index is 2790. The lowest BCUT2D eigenvalue weighted by Crippen LogP contribution is -2.34. The molecular formula is C59H65N7O3. The maximum atomic E-state index is 13.8. The van der Waals surface area contributed by atoms with Gasteiger partial charge in [0.05, 0.1) is 11.3 Å². The van der Waals surface area contributed by atoms with E-state index in [1.165, 1.54) is 44.5 Å². The molecule has 0 fully saturated rings. The first-order valence-corrected chi connectivity index (χ1v) is 24.1. The number of benzene rings is 6. The number of aliphatic carboxylic acids is 1. The molecule has 3 aliphatic rings. The summed E-state index contributed by atoms with van der Waals surface area (Å²) in [6.45, 7) is 3.78. The van der Waals surface area contributed by atoms with Gasteiger partial charge >= 0.3 is 5.97 Å². The standard InChI is InChI=1S/C59H65N7O3/c1-61(2)34-30-58(31-35-62(3)4)51-20-14-12-18-46(51)48-28-26-44(39-53(48)58)65(42-24-22-41(23-25-42)38-50-55(57(68)69)60-66(56(50)67)43-16-10-9-11-17-43)45-27-29-49-47-19-13-15-21-52(47)59(54(49)40-45,32-36-63(5)6)33-37-64(7)8/h9-29,38-40H,30-37H2,1-8H3,(H,68,69)/b50-38-. The van der Waals surface area contributed by atoms with Crippen molar-refractivity contribution in [2.75, 3.05) is 92.5 Å². The fourth-order valence-corrected chi connectivity index (χ4v) is 10.9. The molecule has 0 radical (unpaired) electrons. The number of hydrogen-bond acceptors (Lipinski definition) is 8. The summed E-state index contributed by atoms with van der Waals surface area (Å²) in [5.74, 6) is -1.74. The number of hydrazone groups is 1. The molecule has 1 N–H and O–H groups in total. The molecule has 1 heterocycles. The number of rotatable bonds is 18. The molecule has 6 aromatic carbocycles. The van der Waals surface area contributed by atoms with E-state index in [1.54, 1.807) is 30.3 Å². The Hall–Kier alpha value is -6.69. The Morgan fingerprint density at radius 2 is 0.928 bits per heavy atom. The summed E-state index contributed by atoms with van der Waals surface area (Å²) >= 11 is 0. The number of carbonyl (C=O) groups excluding carboxylic acids is 1. The summed E-state index contributed by atoms with van der Waals surface area (Å²) in [4.78, 5) is 37.9. The lowest BCUT2D eigenvalue weighted by Gasteiger charge is -2.36. The predicted octanol–water partition coefficient (Wildman–Crippen LogP) is 10.4. The average molecular weight is 920 g/mol. The third kappa shape index (κ3) is 8.94. The van der Waals surface area contributed by atoms with Gasteiger partial charge in [-0.3, -0.25) is 4.79 Å². The first-order valence-electron chi connectivity index (χ1n) is 24.1. The molecule has 0 bridgehead atoms. The van der Waals surface area contributed by atoms with Gasteiger partial charge in [0.2, 0.25) is 0 Å². The zero-order chi connectivity index (χ0) is 48.6. The quantitative estimate of drug-likeness (QED) is 0.0854. The summed E-state index contributed by atoms with van der Waals surface area (Å²) in [6.07, 6.45) is 5.54. The van der Waals surface area contributed by atoms with Gasteiger partial charge in [-0.2, -0.15) is 10.1 Å². The van der Waals surface area contributed by atoms with Crippen LogP contribution in [0.1, 0.15) is 53.5 Å². The first-order chi connectivity index (χ1) is 33.2. The lowest BCUT2D eigenvalue weighted by molar-refractivity contribution is -0.129. The van der Waals surface area contributed by atoms with Crippen LogP contribution in [-0.4, -0.2) is 125 Å². The van der Waals surface area contributed by atoms with Crippen LogP contribution >= 0.6 is 0 Å². The molecule has 0 atom stereocenters. The normalized spacial score (nSPS) is 15.8. The molecule has 69 heavy (non-hydrogen) atoms. The monoisotopic (exact) mass is 920 g/mol. The van der Waals surface area contributed by atoms with Gasteiger partial charge in [-0.05, 0) is 213 Å². The first kappa shape index (κ1) is 47.4. The van der Waals surface area contributed by atoms with Crippen molar-refractivity contribution in [1.82, 2.24) is 19.6 Å². The molecule has 0 aromatic heterocycles. The summed E-state index contributed by atoms with van der Waals surface area (Å²) < 4.78 is 0. The van der Waals surface area contributed by atoms with E-state index in [4.69, 9.17) is 0 Å². The number of hydrogen-bond donors (Lipinski definition) is 1. The van der Waals surface area contributed by atoms with E-state index in [0.717, 1.165) is 73.9 Å². The molecule has 9 rings (SSSR count). The molecule has 2 aliphatic carbocycles. The fourth-order valence-electron chi connectivity index (χ4n) is 10.9. The third-order valence-electron chi connectivity index (χ3n) is 14.5. The van der Waals surface area contributed by atoms with Crippen LogP contribution in [0.3, 0.4) is 0 Å². The second-order valence-electron chi connectivity index (χ2n) is 20.1. The Kier molecular flexibility index (Phi) is 13.3. The topological polar surface area (TPSA) is 86.2 Å². The highest BCUT2D eigenvalue weighted by Crippen LogP contribution is 2.57. The van der Waals surface area contributed by atoms with Gasteiger partial charge in [-0.1, -0.05) is 91.0 Å². The van der Waals surface area contributed by atoms with Gasteiger partial charge in [0, 0.05) is 27.9 Å². The highest BCUT2D eigenvalue weighted by molar-refractivity contribution is 6.53. The van der Waals surface area contributed by atoms with Gasteiger partial charge in [0.25, 0.3) is 5.91 Å². The Balaban J connectivity index is 1.22. The Morgan fingerprint density at radius 3 is 1.36 bits per heavy atom. The third-order valence-corrected chi connectivity index (χ3v) is 14.5. The fraction of sp³-hybridized carbons (Fsp3) is 0.305. The van der Waals surface area contributed by atoms with Crippen molar-refractivity contribution < 1.29 is 14.7 Å². The van der Waals surface area contributed by atoms with Crippen LogP contribution in [0, 0.1) is 0 Å². The van der Waals surface area contributed by atoms with Crippen LogP contribution < -0.4 is 9.91 Å². The van der Waals surface area contributed by atoms with Gasteiger partial charge in [0.15, 0.2) is 5.71 Å². The van der Waals surface area contributed by atoms with E-state index in [0.29, 0.717) is 11.3 Å². The number of carboxylic acids is 1. The van der Waals surface area contributed by atoms with E-state index in [1.807, 2.05) is 18.2 Å². The van der Waals surface area contributed by atoms with Crippen molar-refractivity contribution in [2.45, 2.75) is 36.5 Å². The number of para-hydroxylation sites is 1. The average Bonchev–Trinajstić information content (AvgIpc) is 3.92. The maximum Gasteiger partial charge on any atom is 0.357 e. The van der Waals surface area contributed by atoms with E-state index in [-0.39, 0.29) is 22.1 Å². The molecule has 354 valence electrons. The van der Waals surface area contributed by atoms with E-state index < -0.39 is 11.9 Å². The molecule has 1 amide bonds. The number of amides is 1.